The van der Waals surface area contributed by atoms with Crippen LogP contribution < -0.4 is 0 Å². The second-order valence-corrected chi connectivity index (χ2v) is 14.6. The molecule has 9 aromatic carbocycles. The molecule has 0 fully saturated rings. The van der Waals surface area contributed by atoms with Crippen LogP contribution in [0.15, 0.2) is 194 Å². The van der Waals surface area contributed by atoms with E-state index >= 15 is 0 Å². The Morgan fingerprint density at radius 1 is 0.327 bits per heavy atom. The molecule has 3 nitrogen and oxygen atoms in total. The van der Waals surface area contributed by atoms with E-state index in [2.05, 4.69) is 208 Å². The zero-order valence-electron chi connectivity index (χ0n) is 29.9. The Balaban J connectivity index is 1.01. The minimum Gasteiger partial charge on any atom is -0.354 e. The highest BCUT2D eigenvalue weighted by Gasteiger charge is 2.18. The maximum Gasteiger partial charge on any atom is 0.0547 e. The first-order valence-corrected chi connectivity index (χ1v) is 18.9. The number of para-hydroxylation sites is 3. The molecule has 3 heterocycles. The topological polar surface area (TPSA) is 25.6 Å². The number of fused-ring (bicyclic) bond motifs is 10. The van der Waals surface area contributed by atoms with Crippen molar-refractivity contribution in [2.45, 2.75) is 0 Å². The Morgan fingerprint density at radius 2 is 0.909 bits per heavy atom. The molecule has 0 unspecified atom stereocenters. The lowest BCUT2D eigenvalue weighted by molar-refractivity contribution is 1.18. The molecule has 256 valence electrons. The molecule has 1 N–H and O–H groups in total. The molecule has 0 bridgehead atoms. The average Bonchev–Trinajstić information content (AvgIpc) is 3.91. The lowest BCUT2D eigenvalue weighted by atomic mass is 9.99. The first-order chi connectivity index (χ1) is 27.3. The van der Waals surface area contributed by atoms with E-state index in [9.17, 15) is 0 Å². The van der Waals surface area contributed by atoms with E-state index in [4.69, 9.17) is 0 Å². The molecule has 0 aliphatic heterocycles. The third-order valence-corrected chi connectivity index (χ3v) is 11.7. The van der Waals surface area contributed by atoms with Crippen molar-refractivity contribution in [3.8, 4) is 33.6 Å². The van der Waals surface area contributed by atoms with Crippen LogP contribution in [0.2, 0.25) is 0 Å². The summed E-state index contributed by atoms with van der Waals surface area (Å²) in [6.45, 7) is 0. The molecule has 0 saturated heterocycles. The molecule has 12 rings (SSSR count). The van der Waals surface area contributed by atoms with Gasteiger partial charge in [-0.05, 0) is 88.3 Å². The van der Waals surface area contributed by atoms with Crippen LogP contribution in [0.1, 0.15) is 0 Å². The van der Waals surface area contributed by atoms with Gasteiger partial charge in [0.05, 0.1) is 27.8 Å². The standard InChI is InChI=1S/C52H33N3/c1-2-13-38-33(11-1)12-9-22-47(38)55-49-21-8-4-14-40(49)42-29-25-36(32-51(42)55)35-26-30-50-44(31-35)41-15-5-7-20-48(41)54(50)37-27-23-34(24-28-37)39-17-10-19-46-52(39)43-16-3-6-18-45(43)53-46/h1-32,53H. The number of nitrogens with zero attached hydrogens (tertiary/aromatic N) is 2. The number of rotatable bonds is 4. The summed E-state index contributed by atoms with van der Waals surface area (Å²) in [6, 6.07) is 71.0. The van der Waals surface area contributed by atoms with E-state index < -0.39 is 0 Å². The average molecular weight is 700 g/mol. The molecule has 0 atom stereocenters. The molecule has 3 heteroatoms. The van der Waals surface area contributed by atoms with Crippen molar-refractivity contribution in [3.05, 3.63) is 194 Å². The Bertz CT molecular complexity index is 3480. The lowest BCUT2D eigenvalue weighted by Crippen LogP contribution is -1.95. The van der Waals surface area contributed by atoms with E-state index in [1.807, 2.05) is 0 Å². The first-order valence-electron chi connectivity index (χ1n) is 18.9. The fourth-order valence-electron chi connectivity index (χ4n) is 9.18. The smallest absolute Gasteiger partial charge is 0.0547 e. The van der Waals surface area contributed by atoms with E-state index in [1.165, 1.54) is 98.6 Å². The second-order valence-electron chi connectivity index (χ2n) is 14.6. The third-order valence-electron chi connectivity index (χ3n) is 11.7. The maximum atomic E-state index is 3.60. The molecule has 0 radical (unpaired) electrons. The number of nitrogens with one attached hydrogen (secondary N) is 1. The molecule has 3 aromatic heterocycles. The molecule has 0 aliphatic rings. The van der Waals surface area contributed by atoms with Crippen LogP contribution in [-0.4, -0.2) is 14.1 Å². The fraction of sp³-hybridized carbons (Fsp3) is 0. The van der Waals surface area contributed by atoms with Crippen LogP contribution in [-0.2, 0) is 0 Å². The summed E-state index contributed by atoms with van der Waals surface area (Å²) in [4.78, 5) is 3.60. The van der Waals surface area contributed by atoms with Crippen LogP contribution in [0.5, 0.6) is 0 Å². The van der Waals surface area contributed by atoms with Gasteiger partial charge in [-0.2, -0.15) is 0 Å². The minimum atomic E-state index is 1.15. The fourth-order valence-corrected chi connectivity index (χ4v) is 9.18. The van der Waals surface area contributed by atoms with Crippen LogP contribution in [0.25, 0.3) is 110 Å². The molecule has 0 aliphatic carbocycles. The quantitative estimate of drug-likeness (QED) is 0.189. The summed E-state index contributed by atoms with van der Waals surface area (Å²) >= 11 is 0. The molecule has 55 heavy (non-hydrogen) atoms. The molecule has 12 aromatic rings. The van der Waals surface area contributed by atoms with Crippen molar-refractivity contribution in [2.24, 2.45) is 0 Å². The molecular weight excluding hydrogens is 667 g/mol. The lowest BCUT2D eigenvalue weighted by Gasteiger charge is -2.12. The molecule has 0 spiro atoms. The Kier molecular flexibility index (Phi) is 6.34. The van der Waals surface area contributed by atoms with Crippen molar-refractivity contribution in [1.82, 2.24) is 14.1 Å². The van der Waals surface area contributed by atoms with Crippen molar-refractivity contribution >= 4 is 76.2 Å². The minimum absolute atomic E-state index is 1.15. The van der Waals surface area contributed by atoms with Crippen molar-refractivity contribution in [3.63, 3.8) is 0 Å². The van der Waals surface area contributed by atoms with Crippen molar-refractivity contribution in [1.29, 1.82) is 0 Å². The molecule has 0 saturated carbocycles. The van der Waals surface area contributed by atoms with Gasteiger partial charge in [0.15, 0.2) is 0 Å². The number of hydrogen-bond acceptors (Lipinski definition) is 0. The first kappa shape index (κ1) is 30.1. The van der Waals surface area contributed by atoms with E-state index in [1.54, 1.807) is 0 Å². The Morgan fingerprint density at radius 3 is 1.76 bits per heavy atom. The highest BCUT2D eigenvalue weighted by Crippen LogP contribution is 2.40. The van der Waals surface area contributed by atoms with Gasteiger partial charge in [0.25, 0.3) is 0 Å². The van der Waals surface area contributed by atoms with Gasteiger partial charge in [-0.15, -0.1) is 0 Å². The van der Waals surface area contributed by atoms with Crippen molar-refractivity contribution in [2.75, 3.05) is 0 Å². The van der Waals surface area contributed by atoms with Gasteiger partial charge >= 0.3 is 0 Å². The summed E-state index contributed by atoms with van der Waals surface area (Å²) in [6.07, 6.45) is 0. The number of H-pyrrole nitrogens is 1. The zero-order valence-corrected chi connectivity index (χ0v) is 29.9. The van der Waals surface area contributed by atoms with E-state index in [0.29, 0.717) is 0 Å². The Hall–Kier alpha value is -7.36. The summed E-state index contributed by atoms with van der Waals surface area (Å²) in [5.41, 5.74) is 14.3. The summed E-state index contributed by atoms with van der Waals surface area (Å²) in [5.74, 6) is 0. The van der Waals surface area contributed by atoms with Gasteiger partial charge in [0.2, 0.25) is 0 Å². The number of aromatic amines is 1. The van der Waals surface area contributed by atoms with Gasteiger partial charge in [0, 0.05) is 54.4 Å². The molecule has 0 amide bonds. The van der Waals surface area contributed by atoms with Crippen molar-refractivity contribution < 1.29 is 0 Å². The third kappa shape index (κ3) is 4.44. The maximum absolute atomic E-state index is 3.60. The number of benzene rings is 9. The van der Waals surface area contributed by atoms with Gasteiger partial charge < -0.3 is 14.1 Å². The highest BCUT2D eigenvalue weighted by molar-refractivity contribution is 6.15. The SMILES string of the molecule is c1ccc2c(-n3c4ccccc4c4ccc(-c5ccc6c(c5)c5ccccc5n6-c5ccc(-c6cccc7[nH]c8ccccc8c67)cc5)cc43)cccc2c1. The summed E-state index contributed by atoms with van der Waals surface area (Å²) in [5, 5.41) is 10.0. The Labute approximate surface area is 316 Å². The monoisotopic (exact) mass is 699 g/mol. The second kappa shape index (κ2) is 11.6. The zero-order chi connectivity index (χ0) is 36.0. The van der Waals surface area contributed by atoms with Crippen LogP contribution in [0.3, 0.4) is 0 Å². The van der Waals surface area contributed by atoms with Crippen LogP contribution in [0.4, 0.5) is 0 Å². The summed E-state index contributed by atoms with van der Waals surface area (Å²) in [7, 11) is 0. The largest absolute Gasteiger partial charge is 0.354 e. The van der Waals surface area contributed by atoms with Gasteiger partial charge in [-0.25, -0.2) is 0 Å². The number of aromatic nitrogens is 3. The predicted octanol–water partition coefficient (Wildman–Crippen LogP) is 14.0. The van der Waals surface area contributed by atoms with E-state index in [0.717, 1.165) is 11.2 Å². The normalized spacial score (nSPS) is 12.0. The van der Waals surface area contributed by atoms with Gasteiger partial charge in [-0.3, -0.25) is 0 Å². The van der Waals surface area contributed by atoms with E-state index in [-0.39, 0.29) is 0 Å². The van der Waals surface area contributed by atoms with Gasteiger partial charge in [-0.1, -0.05) is 133 Å². The van der Waals surface area contributed by atoms with Gasteiger partial charge in [0.1, 0.15) is 0 Å². The highest BCUT2D eigenvalue weighted by atomic mass is 15.0. The molecular formula is C52H33N3. The summed E-state index contributed by atoms with van der Waals surface area (Å²) < 4.78 is 4.86. The van der Waals surface area contributed by atoms with Crippen LogP contribution >= 0.6 is 0 Å². The number of hydrogen-bond donors (Lipinski definition) is 1. The van der Waals surface area contributed by atoms with Crippen LogP contribution in [0, 0.1) is 0 Å². The predicted molar refractivity (Wildman–Crippen MR) is 233 cm³/mol.